The topological polar surface area (TPSA) is 41.6 Å². The Morgan fingerprint density at radius 3 is 2.35 bits per heavy atom. The summed E-state index contributed by atoms with van der Waals surface area (Å²) < 4.78 is 5.33. The highest BCUT2D eigenvalue weighted by Crippen LogP contribution is 2.35. The highest BCUT2D eigenvalue weighted by Gasteiger charge is 2.19. The van der Waals surface area contributed by atoms with Crippen LogP contribution in [0.15, 0.2) is 12.1 Å². The Hall–Kier alpha value is -0.980. The monoisotopic (exact) mass is 390 g/mol. The van der Waals surface area contributed by atoms with E-state index in [-0.39, 0.29) is 0 Å². The third kappa shape index (κ3) is 4.01. The predicted molar refractivity (Wildman–Crippen MR) is 92.4 cm³/mol. The second kappa shape index (κ2) is 8.34. The lowest BCUT2D eigenvalue weighted by Crippen LogP contribution is -2.23. The van der Waals surface area contributed by atoms with Crippen molar-refractivity contribution in [2.45, 2.75) is 25.7 Å². The van der Waals surface area contributed by atoms with Crippen LogP contribution in [0.1, 0.15) is 24.0 Å². The van der Waals surface area contributed by atoms with Crippen molar-refractivity contribution < 1.29 is 9.53 Å². The van der Waals surface area contributed by atoms with Crippen LogP contribution in [-0.4, -0.2) is 32.2 Å². The summed E-state index contributed by atoms with van der Waals surface area (Å²) in [5, 5.41) is 2.49. The molecule has 1 aliphatic rings. The number of carbonyl (C=O) groups excluding carboxylic acids is 1. The number of ether oxygens (including phenoxy) is 1. The largest absolute Gasteiger partial charge is 0.412 e. The van der Waals surface area contributed by atoms with E-state index in [0.717, 1.165) is 19.3 Å². The number of halogens is 1. The number of alkyl halides is 1. The van der Waals surface area contributed by atoms with E-state index in [1.165, 1.54) is 23.2 Å². The maximum absolute atomic E-state index is 11.3. The molecule has 0 fully saturated rings. The lowest BCUT2D eigenvalue weighted by Gasteiger charge is -2.25. The minimum absolute atomic E-state index is 0.402. The van der Waals surface area contributed by atoms with Crippen LogP contribution in [-0.2, 0) is 12.8 Å². The molecule has 2 rings (SSSR count). The molecule has 5 heteroatoms. The van der Waals surface area contributed by atoms with Gasteiger partial charge in [-0.3, -0.25) is 0 Å². The van der Waals surface area contributed by atoms with E-state index in [0.29, 0.717) is 5.75 Å². The fourth-order valence-electron chi connectivity index (χ4n) is 2.48. The first kappa shape index (κ1) is 17.1. The van der Waals surface area contributed by atoms with Crippen LogP contribution in [0.25, 0.3) is 0 Å². The molecule has 1 amide bonds. The Bertz CT molecular complexity index is 461. The average Bonchev–Trinajstić information content (AvgIpc) is 2.49. The molecule has 1 aromatic rings. The van der Waals surface area contributed by atoms with Crippen LogP contribution in [0.4, 0.5) is 10.5 Å². The Morgan fingerprint density at radius 1 is 1.20 bits per heavy atom. The highest BCUT2D eigenvalue weighted by atomic mass is 127. The predicted octanol–water partition coefficient (Wildman–Crippen LogP) is 3.40. The normalized spacial score (nSPS) is 12.7. The number of nitrogens with zero attached hydrogens (tertiary/aromatic N) is 1. The molecule has 0 unspecified atom stereocenters. The molecule has 20 heavy (non-hydrogen) atoms. The Kier molecular flexibility index (Phi) is 7.12. The van der Waals surface area contributed by atoms with Gasteiger partial charge in [0.25, 0.3) is 0 Å². The summed E-state index contributed by atoms with van der Waals surface area (Å²) in [6, 6.07) is 3.93. The van der Waals surface area contributed by atoms with Crippen LogP contribution in [0, 0.1) is 0 Å². The number of nitrogens with one attached hydrogen (secondary N) is 1. The van der Waals surface area contributed by atoms with Gasteiger partial charge in [-0.05, 0) is 48.3 Å². The summed E-state index contributed by atoms with van der Waals surface area (Å²) in [5.41, 5.74) is 3.75. The van der Waals surface area contributed by atoms with Crippen molar-refractivity contribution in [2.75, 3.05) is 31.0 Å². The molecule has 0 bridgehead atoms. The molecule has 0 aromatic heterocycles. The summed E-state index contributed by atoms with van der Waals surface area (Å²) in [7, 11) is 5.66. The molecular formula is C15H23IN2O2. The molecule has 0 spiro atoms. The lowest BCUT2D eigenvalue weighted by atomic mass is 9.89. The smallest absolute Gasteiger partial charge is 0.410 e. The van der Waals surface area contributed by atoms with Crippen LogP contribution >= 0.6 is 22.6 Å². The van der Waals surface area contributed by atoms with Gasteiger partial charge in [-0.25, -0.2) is 4.79 Å². The fraction of sp³-hybridized carbons (Fsp3) is 0.533. The van der Waals surface area contributed by atoms with Gasteiger partial charge in [0, 0.05) is 32.4 Å². The van der Waals surface area contributed by atoms with Gasteiger partial charge in [0.05, 0.1) is 0 Å². The number of amides is 1. The van der Waals surface area contributed by atoms with Crippen molar-refractivity contribution >= 4 is 34.4 Å². The first-order valence-corrected chi connectivity index (χ1v) is 8.88. The van der Waals surface area contributed by atoms with E-state index in [1.54, 1.807) is 7.05 Å². The zero-order valence-electron chi connectivity index (χ0n) is 12.6. The van der Waals surface area contributed by atoms with Gasteiger partial charge >= 0.3 is 6.09 Å². The molecule has 1 aromatic carbocycles. The molecule has 112 valence electrons. The molecular weight excluding hydrogens is 367 g/mol. The second-order valence-corrected chi connectivity index (χ2v) is 4.78. The van der Waals surface area contributed by atoms with Gasteiger partial charge < -0.3 is 15.0 Å². The zero-order valence-corrected chi connectivity index (χ0v) is 14.8. The first-order valence-electron chi connectivity index (χ1n) is 6.73. The van der Waals surface area contributed by atoms with Crippen molar-refractivity contribution in [3.8, 4) is 5.75 Å². The van der Waals surface area contributed by atoms with E-state index in [1.807, 2.05) is 31.2 Å². The van der Waals surface area contributed by atoms with Crippen molar-refractivity contribution in [2.24, 2.45) is 0 Å². The number of benzene rings is 1. The lowest BCUT2D eigenvalue weighted by molar-refractivity contribution is 0.202. The van der Waals surface area contributed by atoms with Crippen LogP contribution in [0.5, 0.6) is 5.75 Å². The fourth-order valence-corrected chi connectivity index (χ4v) is 2.48. The summed E-state index contributed by atoms with van der Waals surface area (Å²) in [6.45, 7) is 0. The number of fused-ring (bicyclic) bond motifs is 1. The summed E-state index contributed by atoms with van der Waals surface area (Å²) >= 11 is 2.15. The van der Waals surface area contributed by atoms with Gasteiger partial charge in [-0.2, -0.15) is 0 Å². The molecule has 0 aliphatic heterocycles. The van der Waals surface area contributed by atoms with E-state index in [2.05, 4.69) is 32.8 Å². The second-order valence-electron chi connectivity index (χ2n) is 4.78. The van der Waals surface area contributed by atoms with E-state index < -0.39 is 6.09 Å². The average molecular weight is 390 g/mol. The van der Waals surface area contributed by atoms with Crippen molar-refractivity contribution in [1.82, 2.24) is 5.32 Å². The van der Waals surface area contributed by atoms with Crippen LogP contribution in [0.3, 0.4) is 0 Å². The van der Waals surface area contributed by atoms with Gasteiger partial charge in [-0.15, -0.1) is 0 Å². The quantitative estimate of drug-likeness (QED) is 0.622. The molecule has 0 radical (unpaired) electrons. The minimum Gasteiger partial charge on any atom is -0.410 e. The summed E-state index contributed by atoms with van der Waals surface area (Å²) in [4.78, 5) is 15.4. The minimum atomic E-state index is -0.402. The Morgan fingerprint density at radius 2 is 1.80 bits per heavy atom. The maximum atomic E-state index is 11.3. The molecule has 0 saturated heterocycles. The van der Waals surface area contributed by atoms with Crippen molar-refractivity contribution in [1.29, 1.82) is 0 Å². The van der Waals surface area contributed by atoms with Gasteiger partial charge in [0.2, 0.25) is 0 Å². The third-order valence-corrected chi connectivity index (χ3v) is 3.36. The molecule has 4 nitrogen and oxygen atoms in total. The van der Waals surface area contributed by atoms with E-state index in [4.69, 9.17) is 4.74 Å². The van der Waals surface area contributed by atoms with Gasteiger partial charge in [-0.1, -0.05) is 22.6 Å². The zero-order chi connectivity index (χ0) is 15.1. The van der Waals surface area contributed by atoms with Gasteiger partial charge in [0.1, 0.15) is 5.75 Å². The molecule has 0 saturated carbocycles. The van der Waals surface area contributed by atoms with E-state index >= 15 is 0 Å². The summed E-state index contributed by atoms with van der Waals surface area (Å²) in [6.07, 6.45) is 4.02. The molecule has 1 N–H and O–H groups in total. The van der Waals surface area contributed by atoms with Crippen LogP contribution < -0.4 is 15.0 Å². The van der Waals surface area contributed by atoms with Crippen molar-refractivity contribution in [3.63, 3.8) is 0 Å². The Labute approximate surface area is 135 Å². The standard InChI is InChI=1S/C14H20N2O2.CH3I/c1-15-14(17)18-13-9-8-12(16(2)3)10-6-4-5-7-11(10)13;1-2/h8-9H,4-7H2,1-3H3,(H,15,17);1H3. The van der Waals surface area contributed by atoms with Gasteiger partial charge in [0.15, 0.2) is 0 Å². The van der Waals surface area contributed by atoms with Crippen molar-refractivity contribution in [3.05, 3.63) is 23.3 Å². The van der Waals surface area contributed by atoms with Crippen LogP contribution in [0.2, 0.25) is 0 Å². The number of rotatable bonds is 2. The SMILES string of the molecule is CI.CNC(=O)Oc1ccc(N(C)C)c2c1CCCC2. The van der Waals surface area contributed by atoms with E-state index in [9.17, 15) is 4.79 Å². The Balaban J connectivity index is 0.000000956. The number of hydrogen-bond donors (Lipinski definition) is 1. The number of hydrogen-bond acceptors (Lipinski definition) is 3. The first-order chi connectivity index (χ1) is 9.63. The number of anilines is 1. The maximum Gasteiger partial charge on any atom is 0.412 e. The highest BCUT2D eigenvalue weighted by molar-refractivity contribution is 14.1. The molecule has 0 atom stereocenters. The molecule has 1 aliphatic carbocycles. The number of carbonyl (C=O) groups is 1. The summed E-state index contributed by atoms with van der Waals surface area (Å²) in [5.74, 6) is 0.703. The molecule has 0 heterocycles. The third-order valence-electron chi connectivity index (χ3n) is 3.36.